The Morgan fingerprint density at radius 1 is 1.03 bits per heavy atom. The average molecular weight is 495 g/mol. The fourth-order valence-corrected chi connectivity index (χ4v) is 3.49. The predicted molar refractivity (Wildman–Crippen MR) is 120 cm³/mol. The van der Waals surface area contributed by atoms with Gasteiger partial charge in [0, 0.05) is 41.0 Å². The Morgan fingerprint density at radius 2 is 1.84 bits per heavy atom. The third-order valence-corrected chi connectivity index (χ3v) is 5.15. The summed E-state index contributed by atoms with van der Waals surface area (Å²) >= 11 is 19.2. The highest BCUT2D eigenvalue weighted by atomic mass is 35.6. The largest absolute Gasteiger partial charge is 0.300 e. The molecular weight excluding hydrogens is 485 g/mol. The van der Waals surface area contributed by atoms with Crippen molar-refractivity contribution in [1.29, 1.82) is 0 Å². The molecule has 13 heteroatoms. The molecule has 1 aromatic carbocycles. The number of nitro groups is 1. The van der Waals surface area contributed by atoms with Crippen LogP contribution in [0.25, 0.3) is 22.6 Å². The van der Waals surface area contributed by atoms with E-state index in [1.54, 1.807) is 42.0 Å². The molecule has 3 heterocycles. The molecule has 0 atom stereocenters. The maximum atomic E-state index is 11.0. The van der Waals surface area contributed by atoms with Crippen molar-refractivity contribution in [2.24, 2.45) is 0 Å². The van der Waals surface area contributed by atoms with Gasteiger partial charge in [0.2, 0.25) is 9.74 Å². The zero-order valence-corrected chi connectivity index (χ0v) is 18.3. The molecule has 0 saturated heterocycles. The number of aromatic nitrogens is 5. The van der Waals surface area contributed by atoms with Gasteiger partial charge in [0.1, 0.15) is 0 Å². The van der Waals surface area contributed by atoms with Crippen molar-refractivity contribution in [1.82, 2.24) is 24.9 Å². The minimum atomic E-state index is -1.87. The molecule has 0 aliphatic rings. The number of thiazole rings is 1. The van der Waals surface area contributed by atoms with Gasteiger partial charge in [-0.25, -0.2) is 9.97 Å². The molecule has 3 aromatic heterocycles. The Hall–Kier alpha value is -2.92. The van der Waals surface area contributed by atoms with E-state index in [0.29, 0.717) is 22.0 Å². The van der Waals surface area contributed by atoms with Crippen LogP contribution in [-0.4, -0.2) is 29.8 Å². The lowest BCUT2D eigenvalue weighted by Gasteiger charge is -2.12. The molecule has 4 aromatic rings. The van der Waals surface area contributed by atoms with Crippen LogP contribution >= 0.6 is 46.1 Å². The molecule has 0 amide bonds. The first-order valence-corrected chi connectivity index (χ1v) is 10.5. The van der Waals surface area contributed by atoms with Crippen LogP contribution in [0, 0.1) is 10.1 Å². The van der Waals surface area contributed by atoms with E-state index < -0.39 is 8.72 Å². The first-order valence-electron chi connectivity index (χ1n) is 8.50. The Kier molecular flexibility index (Phi) is 5.96. The Bertz CT molecular complexity index is 1250. The van der Waals surface area contributed by atoms with E-state index in [4.69, 9.17) is 34.8 Å². The lowest BCUT2D eigenvalue weighted by Crippen LogP contribution is -2.12. The number of benzene rings is 1. The van der Waals surface area contributed by atoms with Crippen molar-refractivity contribution in [2.45, 2.75) is 3.79 Å². The number of hydrogen-bond donors (Lipinski definition) is 1. The third-order valence-electron chi connectivity index (χ3n) is 3.88. The number of nitrogens with zero attached hydrogens (tertiary/aromatic N) is 6. The van der Waals surface area contributed by atoms with Gasteiger partial charge in [-0.15, -0.1) is 11.3 Å². The van der Waals surface area contributed by atoms with Gasteiger partial charge in [0.25, 0.3) is 5.69 Å². The topological polar surface area (TPSA) is 120 Å². The molecule has 156 valence electrons. The monoisotopic (exact) mass is 493 g/mol. The van der Waals surface area contributed by atoms with Gasteiger partial charge >= 0.3 is 0 Å². The lowest BCUT2D eigenvalue weighted by molar-refractivity contribution is -0.384. The Balaban J connectivity index is 1.67. The van der Waals surface area contributed by atoms with Gasteiger partial charge in [-0.2, -0.15) is 9.97 Å². The maximum absolute atomic E-state index is 11.0. The number of nitro benzene ring substituents is 1. The van der Waals surface area contributed by atoms with E-state index in [1.165, 1.54) is 23.5 Å². The van der Waals surface area contributed by atoms with Crippen LogP contribution in [0.3, 0.4) is 0 Å². The highest BCUT2D eigenvalue weighted by Crippen LogP contribution is 2.37. The van der Waals surface area contributed by atoms with Gasteiger partial charge in [0.15, 0.2) is 16.8 Å². The molecule has 0 fully saturated rings. The minimum Gasteiger partial charge on any atom is -0.300 e. The fraction of sp³-hybridized carbons (Fsp3) is 0.0556. The molecule has 9 nitrogen and oxygen atoms in total. The molecule has 0 aliphatic heterocycles. The molecule has 4 rings (SSSR count). The van der Waals surface area contributed by atoms with Crippen LogP contribution in [-0.2, 0) is 3.79 Å². The highest BCUT2D eigenvalue weighted by molar-refractivity contribution is 7.14. The summed E-state index contributed by atoms with van der Waals surface area (Å²) in [5, 5.41) is 16.2. The zero-order chi connectivity index (χ0) is 22.0. The number of hydrogen-bond acceptors (Lipinski definition) is 9. The molecule has 1 N–H and O–H groups in total. The molecule has 31 heavy (non-hydrogen) atoms. The Labute approximate surface area is 194 Å². The van der Waals surface area contributed by atoms with E-state index in [2.05, 4.69) is 30.2 Å². The molecular formula is C18H10Cl3N7O2S. The molecule has 0 aliphatic carbocycles. The van der Waals surface area contributed by atoms with Crippen LogP contribution in [0.15, 0.2) is 54.2 Å². The van der Waals surface area contributed by atoms with Gasteiger partial charge in [-0.05, 0) is 12.1 Å². The van der Waals surface area contributed by atoms with E-state index in [-0.39, 0.29) is 23.3 Å². The smallest absolute Gasteiger partial charge is 0.270 e. The lowest BCUT2D eigenvalue weighted by atomic mass is 10.1. The number of nitrogens with one attached hydrogen (secondary N) is 1. The number of anilines is 2. The zero-order valence-electron chi connectivity index (χ0n) is 15.2. The van der Waals surface area contributed by atoms with Crippen LogP contribution in [0.4, 0.5) is 16.8 Å². The molecule has 0 unspecified atom stereocenters. The highest BCUT2D eigenvalue weighted by Gasteiger charge is 2.28. The summed E-state index contributed by atoms with van der Waals surface area (Å²) in [6.45, 7) is 0. The first kappa shape index (κ1) is 21.3. The number of rotatable bonds is 5. The minimum absolute atomic E-state index is 0.0223. The fourth-order valence-electron chi connectivity index (χ4n) is 2.52. The summed E-state index contributed by atoms with van der Waals surface area (Å²) in [7, 11) is 0. The molecule has 0 radical (unpaired) electrons. The third kappa shape index (κ3) is 5.05. The quantitative estimate of drug-likeness (QED) is 0.218. The van der Waals surface area contributed by atoms with Gasteiger partial charge in [0.05, 0.1) is 10.6 Å². The molecule has 0 bridgehead atoms. The van der Waals surface area contributed by atoms with Crippen molar-refractivity contribution >= 4 is 62.9 Å². The van der Waals surface area contributed by atoms with Crippen molar-refractivity contribution in [2.75, 3.05) is 5.32 Å². The molecule has 0 saturated carbocycles. The normalized spacial score (nSPS) is 11.3. The summed E-state index contributed by atoms with van der Waals surface area (Å²) in [6.07, 6.45) is 3.19. The van der Waals surface area contributed by atoms with E-state index in [9.17, 15) is 10.1 Å². The van der Waals surface area contributed by atoms with E-state index in [1.807, 2.05) is 0 Å². The van der Waals surface area contributed by atoms with Crippen LogP contribution in [0.2, 0.25) is 0 Å². The van der Waals surface area contributed by atoms with Crippen LogP contribution in [0.5, 0.6) is 0 Å². The van der Waals surface area contributed by atoms with Gasteiger partial charge in [-0.3, -0.25) is 20.4 Å². The second kappa shape index (κ2) is 8.67. The van der Waals surface area contributed by atoms with Crippen molar-refractivity contribution in [3.63, 3.8) is 0 Å². The van der Waals surface area contributed by atoms with Crippen molar-refractivity contribution < 1.29 is 4.92 Å². The van der Waals surface area contributed by atoms with Gasteiger partial charge < -0.3 is 0 Å². The van der Waals surface area contributed by atoms with Gasteiger partial charge in [-0.1, -0.05) is 46.9 Å². The van der Waals surface area contributed by atoms with E-state index in [0.717, 1.165) is 0 Å². The second-order valence-electron chi connectivity index (χ2n) is 6.02. The molecule has 0 spiro atoms. The maximum Gasteiger partial charge on any atom is 0.270 e. The number of halogens is 3. The van der Waals surface area contributed by atoms with Crippen LogP contribution in [0.1, 0.15) is 5.82 Å². The standard InChI is InChI=1S/C18H10Cl3N7O2S/c19-18(20,21)15-24-14(11-4-2-6-22-8-11)25-16(26-15)27-17-23-13(9-31-17)10-3-1-5-12(7-10)28(29)30/h1-9H,(H,23,24,25,26,27). The van der Waals surface area contributed by atoms with Crippen molar-refractivity contribution in [3.05, 3.63) is 70.1 Å². The summed E-state index contributed by atoms with van der Waals surface area (Å²) in [5.74, 6) is 0.321. The second-order valence-corrected chi connectivity index (χ2v) is 9.16. The summed E-state index contributed by atoms with van der Waals surface area (Å²) < 4.78 is -1.87. The number of pyridine rings is 1. The summed E-state index contributed by atoms with van der Waals surface area (Å²) in [4.78, 5) is 31.8. The SMILES string of the molecule is O=[N+]([O-])c1cccc(-c2csc(Nc3nc(-c4cccnc4)nc(C(Cl)(Cl)Cl)n3)n2)c1. The summed E-state index contributed by atoms with van der Waals surface area (Å²) in [6, 6.07) is 9.68. The summed E-state index contributed by atoms with van der Waals surface area (Å²) in [5.41, 5.74) is 1.75. The van der Waals surface area contributed by atoms with E-state index >= 15 is 0 Å². The van der Waals surface area contributed by atoms with Crippen molar-refractivity contribution in [3.8, 4) is 22.6 Å². The predicted octanol–water partition coefficient (Wildman–Crippen LogP) is 5.54. The average Bonchev–Trinajstić information content (AvgIpc) is 3.22. The van der Waals surface area contributed by atoms with Crippen LogP contribution < -0.4 is 5.32 Å². The first-order chi connectivity index (χ1) is 14.8. The Morgan fingerprint density at radius 3 is 2.55 bits per heavy atom. The number of alkyl halides is 3. The number of non-ortho nitro benzene ring substituents is 1.